The molecule has 1 aromatic carbocycles. The number of benzene rings is 1. The molecular formula is C16H19FN4. The molecule has 0 saturated heterocycles. The zero-order valence-corrected chi connectivity index (χ0v) is 12.4. The highest BCUT2D eigenvalue weighted by Crippen LogP contribution is 2.29. The largest absolute Gasteiger partial charge is 0.384 e. The summed E-state index contributed by atoms with van der Waals surface area (Å²) in [5, 5.41) is 7.80. The highest BCUT2D eigenvalue weighted by Gasteiger charge is 2.18. The summed E-state index contributed by atoms with van der Waals surface area (Å²) in [5.74, 6) is 0.248. The minimum absolute atomic E-state index is 0.0372. The van der Waals surface area contributed by atoms with Gasteiger partial charge in [-0.05, 0) is 50.6 Å². The van der Waals surface area contributed by atoms with Gasteiger partial charge in [-0.2, -0.15) is 0 Å². The molecule has 1 heterocycles. The summed E-state index contributed by atoms with van der Waals surface area (Å²) in [6.07, 6.45) is 0. The molecule has 2 aromatic rings. The molecule has 0 fully saturated rings. The lowest BCUT2D eigenvalue weighted by Crippen LogP contribution is -2.24. The molecule has 3 N–H and O–H groups in total. The number of pyridine rings is 1. The minimum Gasteiger partial charge on any atom is -0.384 e. The van der Waals surface area contributed by atoms with E-state index in [1.807, 2.05) is 37.8 Å². The molecule has 0 aliphatic carbocycles. The maximum absolute atomic E-state index is 13.5. The van der Waals surface area contributed by atoms with Gasteiger partial charge in [0.15, 0.2) is 0 Å². The first-order valence-electron chi connectivity index (χ1n) is 6.79. The molecule has 4 nitrogen and oxygen atoms in total. The van der Waals surface area contributed by atoms with E-state index in [0.29, 0.717) is 23.6 Å². The number of nitrogens with zero attached hydrogens (tertiary/aromatic N) is 2. The molecule has 0 amide bonds. The van der Waals surface area contributed by atoms with Crippen LogP contribution in [0.3, 0.4) is 0 Å². The van der Waals surface area contributed by atoms with Crippen LogP contribution in [0.4, 0.5) is 15.9 Å². The molecule has 0 atom stereocenters. The molecule has 0 aliphatic rings. The van der Waals surface area contributed by atoms with Crippen LogP contribution in [0.1, 0.15) is 23.7 Å². The Morgan fingerprint density at radius 1 is 1.33 bits per heavy atom. The quantitative estimate of drug-likeness (QED) is 0.669. The van der Waals surface area contributed by atoms with Crippen LogP contribution in [0.25, 0.3) is 0 Å². The van der Waals surface area contributed by atoms with Crippen molar-refractivity contribution in [2.75, 3.05) is 11.4 Å². The van der Waals surface area contributed by atoms with Crippen molar-refractivity contribution in [2.45, 2.75) is 20.8 Å². The van der Waals surface area contributed by atoms with Crippen molar-refractivity contribution in [3.05, 3.63) is 53.0 Å². The van der Waals surface area contributed by atoms with E-state index < -0.39 is 0 Å². The van der Waals surface area contributed by atoms with Crippen molar-refractivity contribution in [3.8, 4) is 0 Å². The van der Waals surface area contributed by atoms with Crippen molar-refractivity contribution < 1.29 is 4.39 Å². The summed E-state index contributed by atoms with van der Waals surface area (Å²) in [5.41, 5.74) is 8.71. The summed E-state index contributed by atoms with van der Waals surface area (Å²) in [6.45, 7) is 6.34. The SMILES string of the molecule is CCN(c1cccc(F)c1)c1nc(C)cc(C)c1C(=N)N. The summed E-state index contributed by atoms with van der Waals surface area (Å²) >= 11 is 0. The van der Waals surface area contributed by atoms with Gasteiger partial charge in [-0.1, -0.05) is 6.07 Å². The van der Waals surface area contributed by atoms with Gasteiger partial charge < -0.3 is 10.6 Å². The number of anilines is 2. The van der Waals surface area contributed by atoms with Gasteiger partial charge >= 0.3 is 0 Å². The minimum atomic E-state index is -0.306. The number of halogens is 1. The van der Waals surface area contributed by atoms with Gasteiger partial charge in [0.1, 0.15) is 17.5 Å². The van der Waals surface area contributed by atoms with Crippen LogP contribution in [-0.4, -0.2) is 17.4 Å². The number of rotatable bonds is 4. The Labute approximate surface area is 123 Å². The number of hydrogen-bond acceptors (Lipinski definition) is 3. The van der Waals surface area contributed by atoms with E-state index in [9.17, 15) is 4.39 Å². The lowest BCUT2D eigenvalue weighted by atomic mass is 10.1. The summed E-state index contributed by atoms with van der Waals surface area (Å²) in [4.78, 5) is 6.38. The highest BCUT2D eigenvalue weighted by atomic mass is 19.1. The van der Waals surface area contributed by atoms with Crippen LogP contribution in [0.5, 0.6) is 0 Å². The van der Waals surface area contributed by atoms with Crippen molar-refractivity contribution in [1.29, 1.82) is 5.41 Å². The Balaban J connectivity index is 2.65. The first-order valence-corrected chi connectivity index (χ1v) is 6.79. The third-order valence-electron chi connectivity index (χ3n) is 3.29. The second-order valence-electron chi connectivity index (χ2n) is 4.92. The molecule has 0 aliphatic heterocycles. The van der Waals surface area contributed by atoms with Gasteiger partial charge in [-0.3, -0.25) is 5.41 Å². The molecule has 0 spiro atoms. The Bertz CT molecular complexity index is 682. The average molecular weight is 286 g/mol. The zero-order valence-electron chi connectivity index (χ0n) is 12.4. The molecule has 5 heteroatoms. The first kappa shape index (κ1) is 15.0. The van der Waals surface area contributed by atoms with Crippen LogP contribution in [0.2, 0.25) is 0 Å². The molecule has 0 unspecified atom stereocenters. The normalized spacial score (nSPS) is 10.5. The summed E-state index contributed by atoms with van der Waals surface area (Å²) < 4.78 is 13.5. The number of hydrogen-bond donors (Lipinski definition) is 2. The van der Waals surface area contributed by atoms with Crippen LogP contribution in [0, 0.1) is 25.1 Å². The maximum atomic E-state index is 13.5. The van der Waals surface area contributed by atoms with Crippen molar-refractivity contribution in [2.24, 2.45) is 5.73 Å². The maximum Gasteiger partial charge on any atom is 0.144 e. The summed E-state index contributed by atoms with van der Waals surface area (Å²) in [6, 6.07) is 8.21. The number of aryl methyl sites for hydroxylation is 2. The number of aromatic nitrogens is 1. The Hall–Kier alpha value is -2.43. The Morgan fingerprint density at radius 3 is 2.62 bits per heavy atom. The second-order valence-corrected chi connectivity index (χ2v) is 4.92. The molecular weight excluding hydrogens is 267 g/mol. The van der Waals surface area contributed by atoms with Crippen LogP contribution < -0.4 is 10.6 Å². The molecule has 1 aromatic heterocycles. The molecule has 110 valence electrons. The van der Waals surface area contributed by atoms with Crippen LogP contribution in [0.15, 0.2) is 30.3 Å². The first-order chi connectivity index (χ1) is 9.93. The number of amidine groups is 1. The lowest BCUT2D eigenvalue weighted by Gasteiger charge is -2.25. The van der Waals surface area contributed by atoms with E-state index >= 15 is 0 Å². The van der Waals surface area contributed by atoms with Gasteiger partial charge in [-0.25, -0.2) is 9.37 Å². The van der Waals surface area contributed by atoms with Gasteiger partial charge in [0.2, 0.25) is 0 Å². The van der Waals surface area contributed by atoms with Crippen LogP contribution in [-0.2, 0) is 0 Å². The van der Waals surface area contributed by atoms with E-state index in [-0.39, 0.29) is 11.7 Å². The number of nitrogen functional groups attached to an aromatic ring is 1. The third-order valence-corrected chi connectivity index (χ3v) is 3.29. The van der Waals surface area contributed by atoms with Gasteiger partial charge in [0.05, 0.1) is 5.56 Å². The predicted octanol–water partition coefficient (Wildman–Crippen LogP) is 3.28. The van der Waals surface area contributed by atoms with Gasteiger partial charge in [-0.15, -0.1) is 0 Å². The summed E-state index contributed by atoms with van der Waals surface area (Å²) in [7, 11) is 0. The van der Waals surface area contributed by atoms with Crippen molar-refractivity contribution in [1.82, 2.24) is 4.98 Å². The van der Waals surface area contributed by atoms with E-state index in [0.717, 1.165) is 11.3 Å². The number of nitrogens with two attached hydrogens (primary N) is 1. The standard InChI is InChI=1S/C16H19FN4/c1-4-21(13-7-5-6-12(17)9-13)16-14(15(18)19)10(2)8-11(3)20-16/h5-9H,4H2,1-3H3,(H3,18,19). The second kappa shape index (κ2) is 5.91. The zero-order chi connectivity index (χ0) is 15.6. The molecule has 0 bridgehead atoms. The van der Waals surface area contributed by atoms with E-state index in [2.05, 4.69) is 4.98 Å². The Morgan fingerprint density at radius 2 is 2.05 bits per heavy atom. The van der Waals surface area contributed by atoms with E-state index in [4.69, 9.17) is 11.1 Å². The fourth-order valence-corrected chi connectivity index (χ4v) is 2.44. The third kappa shape index (κ3) is 3.02. The molecule has 2 rings (SSSR count). The van der Waals surface area contributed by atoms with Crippen molar-refractivity contribution >= 4 is 17.3 Å². The fraction of sp³-hybridized carbons (Fsp3) is 0.250. The van der Waals surface area contributed by atoms with Crippen molar-refractivity contribution in [3.63, 3.8) is 0 Å². The van der Waals surface area contributed by atoms with E-state index in [1.165, 1.54) is 12.1 Å². The Kier molecular flexibility index (Phi) is 4.21. The monoisotopic (exact) mass is 286 g/mol. The van der Waals surface area contributed by atoms with Crippen LogP contribution >= 0.6 is 0 Å². The molecule has 0 radical (unpaired) electrons. The topological polar surface area (TPSA) is 66.0 Å². The fourth-order valence-electron chi connectivity index (χ4n) is 2.44. The van der Waals surface area contributed by atoms with Gasteiger partial charge in [0, 0.05) is 17.9 Å². The number of nitrogens with one attached hydrogen (secondary N) is 1. The highest BCUT2D eigenvalue weighted by molar-refractivity contribution is 6.01. The molecule has 21 heavy (non-hydrogen) atoms. The lowest BCUT2D eigenvalue weighted by molar-refractivity contribution is 0.627. The van der Waals surface area contributed by atoms with Gasteiger partial charge in [0.25, 0.3) is 0 Å². The average Bonchev–Trinajstić information content (AvgIpc) is 2.38. The smallest absolute Gasteiger partial charge is 0.144 e. The van der Waals surface area contributed by atoms with E-state index in [1.54, 1.807) is 6.07 Å². The predicted molar refractivity (Wildman–Crippen MR) is 83.8 cm³/mol. The molecule has 0 saturated carbocycles.